The molecule has 0 heterocycles. The Labute approximate surface area is 54.1 Å². The van der Waals surface area contributed by atoms with Crippen molar-refractivity contribution in [2.75, 3.05) is 0 Å². The van der Waals surface area contributed by atoms with E-state index in [1.54, 1.807) is 0 Å². The van der Waals surface area contributed by atoms with Gasteiger partial charge in [0.05, 0.1) is 0 Å². The minimum atomic E-state index is 0. The van der Waals surface area contributed by atoms with Crippen LogP contribution in [-0.4, -0.2) is 11.0 Å². The molecule has 0 rings (SSSR count). The third-order valence-corrected chi connectivity index (χ3v) is 0. The predicted molar refractivity (Wildman–Crippen MR) is 4.56 cm³/mol. The van der Waals surface area contributed by atoms with Crippen molar-refractivity contribution in [3.63, 3.8) is 0 Å². The second kappa shape index (κ2) is 75.6. The van der Waals surface area contributed by atoms with Gasteiger partial charge in [0, 0.05) is 0 Å². The molecule has 0 aromatic rings. The molecule has 0 radical (unpaired) electrons. The maximum atomic E-state index is 8.10. The first kappa shape index (κ1) is 36.8. The van der Waals surface area contributed by atoms with Gasteiger partial charge in [0.2, 0.25) is 0 Å². The maximum absolute atomic E-state index is 8.10. The summed E-state index contributed by atoms with van der Waals surface area (Å²) in [5.74, 6) is 0. The SMILES string of the molecule is [OH-].[OH-].[O]=[Pd].[Pd+2]. The van der Waals surface area contributed by atoms with E-state index in [1.165, 1.54) is 19.2 Å². The minimum absolute atomic E-state index is 0. The van der Waals surface area contributed by atoms with E-state index in [9.17, 15) is 0 Å². The first-order chi connectivity index (χ1) is 1.00. The van der Waals surface area contributed by atoms with Crippen LogP contribution in [0.1, 0.15) is 0 Å². The summed E-state index contributed by atoms with van der Waals surface area (Å²) in [4.78, 5) is 0. The van der Waals surface area contributed by atoms with Gasteiger partial charge in [0.1, 0.15) is 0 Å². The zero-order valence-corrected chi connectivity index (χ0v) is 5.04. The zero-order valence-electron chi connectivity index (χ0n) is 1.94. The molecule has 0 unspecified atom stereocenters. The average Bonchev–Trinajstić information content (AvgIpc) is 1.00. The van der Waals surface area contributed by atoms with Gasteiger partial charge < -0.3 is 11.0 Å². The first-order valence-corrected chi connectivity index (χ1v) is 0.764. The summed E-state index contributed by atoms with van der Waals surface area (Å²) in [5, 5.41) is 0. The fraction of sp³-hybridized carbons (Fsp3) is 0. The Morgan fingerprint density at radius 2 is 1.00 bits per heavy atom. The van der Waals surface area contributed by atoms with Crippen LogP contribution in [0, 0.1) is 0 Å². The molecule has 5 heavy (non-hydrogen) atoms. The van der Waals surface area contributed by atoms with E-state index in [2.05, 4.69) is 0 Å². The molecule has 0 bridgehead atoms. The number of rotatable bonds is 0. The Bertz CT molecular complexity index is 4.85. The third kappa shape index (κ3) is 42.9. The van der Waals surface area contributed by atoms with Crippen molar-refractivity contribution in [2.45, 2.75) is 0 Å². The van der Waals surface area contributed by atoms with Crippen LogP contribution in [0.2, 0.25) is 0 Å². The molecule has 0 aromatic carbocycles. The monoisotopic (exact) mass is 262 g/mol. The molecule has 0 aliphatic rings. The van der Waals surface area contributed by atoms with Crippen LogP contribution in [0.25, 0.3) is 0 Å². The van der Waals surface area contributed by atoms with Crippen molar-refractivity contribution in [1.82, 2.24) is 0 Å². The fourth-order valence-corrected chi connectivity index (χ4v) is 0. The van der Waals surface area contributed by atoms with E-state index < -0.39 is 0 Å². The summed E-state index contributed by atoms with van der Waals surface area (Å²) < 4.78 is 8.10. The van der Waals surface area contributed by atoms with Crippen molar-refractivity contribution in [1.29, 1.82) is 0 Å². The molecule has 0 fully saturated rings. The van der Waals surface area contributed by atoms with Crippen LogP contribution >= 0.6 is 0 Å². The second-order valence-electron chi connectivity index (χ2n) is 0. The summed E-state index contributed by atoms with van der Waals surface area (Å²) in [6.45, 7) is 0. The van der Waals surface area contributed by atoms with E-state index in [0.717, 1.165) is 0 Å². The van der Waals surface area contributed by atoms with Gasteiger partial charge in [-0.3, -0.25) is 0 Å². The first-order valence-electron chi connectivity index (χ1n) is 0.129. The van der Waals surface area contributed by atoms with Gasteiger partial charge in [-0.2, -0.15) is 0 Å². The summed E-state index contributed by atoms with van der Waals surface area (Å²) in [6, 6.07) is 0. The standard InChI is InChI=1S/2H2O.O.2Pd/h2*1H2;;;/q;;;;+2/p-2. The molecule has 0 spiro atoms. The summed E-state index contributed by atoms with van der Waals surface area (Å²) in [6.07, 6.45) is 0. The molecule has 40 valence electrons. The van der Waals surface area contributed by atoms with E-state index in [1.807, 2.05) is 0 Å². The van der Waals surface area contributed by atoms with Gasteiger partial charge in [0.15, 0.2) is 0 Å². The quantitative estimate of drug-likeness (QED) is 0.554. The summed E-state index contributed by atoms with van der Waals surface area (Å²) in [7, 11) is 0. The molecule has 3 nitrogen and oxygen atoms in total. The van der Waals surface area contributed by atoms with Crippen LogP contribution in [0.15, 0.2) is 0 Å². The van der Waals surface area contributed by atoms with Gasteiger partial charge in [-0.05, 0) is 0 Å². The van der Waals surface area contributed by atoms with Crippen LogP contribution < -0.4 is 0 Å². The third-order valence-electron chi connectivity index (χ3n) is 0. The average molecular weight is 263 g/mol. The molecule has 0 atom stereocenters. The van der Waals surface area contributed by atoms with Crippen molar-refractivity contribution in [3.8, 4) is 0 Å². The van der Waals surface area contributed by atoms with Gasteiger partial charge in [-0.1, -0.05) is 0 Å². The van der Waals surface area contributed by atoms with Crippen molar-refractivity contribution in [3.05, 3.63) is 0 Å². The number of hydrogen-bond acceptors (Lipinski definition) is 3. The van der Waals surface area contributed by atoms with Crippen molar-refractivity contribution >= 4 is 0 Å². The fourth-order valence-electron chi connectivity index (χ4n) is 0. The summed E-state index contributed by atoms with van der Waals surface area (Å²) in [5.41, 5.74) is 0. The van der Waals surface area contributed by atoms with E-state index >= 15 is 0 Å². The van der Waals surface area contributed by atoms with Crippen LogP contribution in [-0.2, 0) is 43.1 Å². The Hall–Kier alpha value is 1.04. The van der Waals surface area contributed by atoms with E-state index in [4.69, 9.17) is 3.47 Å². The second-order valence-corrected chi connectivity index (χ2v) is 0. The predicted octanol–water partition coefficient (Wildman–Crippen LogP) is -0.477. The van der Waals surface area contributed by atoms with E-state index in [-0.39, 0.29) is 31.4 Å². The molecule has 0 aliphatic carbocycles. The normalized spacial score (nSPS) is 1.20. The topological polar surface area (TPSA) is 77.1 Å². The van der Waals surface area contributed by atoms with Crippen LogP contribution in [0.3, 0.4) is 0 Å². The molecular formula is H2O3Pd2. The van der Waals surface area contributed by atoms with Crippen molar-refractivity contribution < 1.29 is 54.0 Å². The minimum Gasteiger partial charge on any atom is 2.00 e. The molecule has 0 amide bonds. The largest absolute Gasteiger partial charge is 2.00 e. The molecule has 0 aromatic heterocycles. The molecule has 0 saturated heterocycles. The van der Waals surface area contributed by atoms with Crippen LogP contribution in [0.4, 0.5) is 0 Å². The Balaban J connectivity index is -0.00000000167. The summed E-state index contributed by atoms with van der Waals surface area (Å²) >= 11 is 1.50. The maximum Gasteiger partial charge on any atom is 2.00 e. The molecule has 0 aliphatic heterocycles. The molecule has 2 N–H and O–H groups in total. The molecular weight excluding hydrogens is 261 g/mol. The Morgan fingerprint density at radius 1 is 1.00 bits per heavy atom. The molecule has 5 heteroatoms. The van der Waals surface area contributed by atoms with Gasteiger partial charge >= 0.3 is 43.1 Å². The zero-order chi connectivity index (χ0) is 2.00. The van der Waals surface area contributed by atoms with Gasteiger partial charge in [0.25, 0.3) is 0 Å². The van der Waals surface area contributed by atoms with Crippen LogP contribution in [0.5, 0.6) is 0 Å². The van der Waals surface area contributed by atoms with Crippen molar-refractivity contribution in [2.24, 2.45) is 0 Å². The Morgan fingerprint density at radius 3 is 1.00 bits per heavy atom. The number of hydrogen-bond donors (Lipinski definition) is 0. The smallest absolute Gasteiger partial charge is 2.00 e. The van der Waals surface area contributed by atoms with E-state index in [0.29, 0.717) is 0 Å². The Kier molecular flexibility index (Phi) is 556. The van der Waals surface area contributed by atoms with Gasteiger partial charge in [-0.15, -0.1) is 0 Å². The van der Waals surface area contributed by atoms with Gasteiger partial charge in [-0.25, -0.2) is 0 Å². The molecule has 0 saturated carbocycles.